The molecule has 7 heteroatoms. The second kappa shape index (κ2) is 7.72. The lowest BCUT2D eigenvalue weighted by Crippen LogP contribution is -2.36. The molecule has 1 N–H and O–H groups in total. The van der Waals surface area contributed by atoms with Gasteiger partial charge in [0.15, 0.2) is 0 Å². The van der Waals surface area contributed by atoms with Crippen molar-refractivity contribution in [3.05, 3.63) is 54.2 Å². The van der Waals surface area contributed by atoms with Crippen LogP contribution in [0, 0.1) is 6.92 Å². The normalized spacial score (nSPS) is 16.2. The average molecular weight is 414 g/mol. The molecule has 0 unspecified atom stereocenters. The van der Waals surface area contributed by atoms with Crippen LogP contribution >= 0.6 is 0 Å². The number of piperidine rings is 1. The Hall–Kier alpha value is -2.51. The number of ether oxygens (including phenoxy) is 1. The van der Waals surface area contributed by atoms with E-state index in [1.165, 1.54) is 3.97 Å². The zero-order valence-electron chi connectivity index (χ0n) is 17.1. The number of aryl methyl sites for hydroxylation is 1. The third-order valence-corrected chi connectivity index (χ3v) is 7.39. The summed E-state index contributed by atoms with van der Waals surface area (Å²) in [5.41, 5.74) is 2.53. The van der Waals surface area contributed by atoms with Crippen molar-refractivity contribution in [2.45, 2.75) is 30.7 Å². The van der Waals surface area contributed by atoms with Gasteiger partial charge in [-0.3, -0.25) is 0 Å². The molecule has 0 amide bonds. The third-order valence-electron chi connectivity index (χ3n) is 5.71. The van der Waals surface area contributed by atoms with Crippen molar-refractivity contribution in [1.29, 1.82) is 0 Å². The largest absolute Gasteiger partial charge is 0.497 e. The number of anilines is 1. The highest BCUT2D eigenvalue weighted by Crippen LogP contribution is 2.28. The molecule has 6 nitrogen and oxygen atoms in total. The van der Waals surface area contributed by atoms with Crippen LogP contribution < -0.4 is 10.1 Å². The number of hydrogen-bond donors (Lipinski definition) is 1. The summed E-state index contributed by atoms with van der Waals surface area (Å²) in [5, 5.41) is 4.42. The van der Waals surface area contributed by atoms with Gasteiger partial charge in [0, 0.05) is 29.4 Å². The molecule has 2 heterocycles. The standard InChI is InChI=1S/C22H27N3O3S/c1-16-4-7-20(15-21(16)23-18-9-11-24(2)12-10-18)29(26,27)25-13-8-17-5-6-19(28-3)14-22(17)25/h4-8,13-15,18,23H,9-12H2,1-3H3. The minimum Gasteiger partial charge on any atom is -0.497 e. The summed E-state index contributed by atoms with van der Waals surface area (Å²) in [7, 11) is -0.0199. The zero-order chi connectivity index (χ0) is 20.6. The maximum Gasteiger partial charge on any atom is 0.268 e. The minimum atomic E-state index is -3.72. The highest BCUT2D eigenvalue weighted by atomic mass is 32.2. The van der Waals surface area contributed by atoms with Crippen LogP contribution in [-0.4, -0.2) is 50.6 Å². The fraction of sp³-hybridized carbons (Fsp3) is 0.364. The van der Waals surface area contributed by atoms with Crippen molar-refractivity contribution in [2.24, 2.45) is 0 Å². The molecule has 0 atom stereocenters. The lowest BCUT2D eigenvalue weighted by Gasteiger charge is -2.30. The Labute approximate surface area is 172 Å². The Morgan fingerprint density at radius 3 is 2.55 bits per heavy atom. The number of aromatic nitrogens is 1. The monoisotopic (exact) mass is 413 g/mol. The maximum atomic E-state index is 13.4. The molecule has 1 saturated heterocycles. The smallest absolute Gasteiger partial charge is 0.268 e. The Morgan fingerprint density at radius 1 is 1.07 bits per heavy atom. The number of methoxy groups -OCH3 is 1. The van der Waals surface area contributed by atoms with Gasteiger partial charge in [-0.05, 0) is 75.8 Å². The van der Waals surface area contributed by atoms with Gasteiger partial charge in [0.1, 0.15) is 5.75 Å². The lowest BCUT2D eigenvalue weighted by molar-refractivity contribution is 0.264. The second-order valence-corrected chi connectivity index (χ2v) is 9.55. The molecule has 0 bridgehead atoms. The third kappa shape index (κ3) is 3.84. The van der Waals surface area contributed by atoms with Crippen molar-refractivity contribution in [3.63, 3.8) is 0 Å². The molecule has 1 aliphatic rings. The summed E-state index contributed by atoms with van der Waals surface area (Å²) >= 11 is 0. The molecule has 0 radical (unpaired) electrons. The lowest BCUT2D eigenvalue weighted by atomic mass is 10.0. The van der Waals surface area contributed by atoms with Crippen LogP contribution in [0.5, 0.6) is 5.75 Å². The van der Waals surface area contributed by atoms with Gasteiger partial charge in [-0.2, -0.15) is 0 Å². The summed E-state index contributed by atoms with van der Waals surface area (Å²) in [6, 6.07) is 12.9. The van der Waals surface area contributed by atoms with E-state index < -0.39 is 10.0 Å². The van der Waals surface area contributed by atoms with Crippen LogP contribution in [0.25, 0.3) is 10.9 Å². The molecule has 3 aromatic rings. The maximum absolute atomic E-state index is 13.4. The first-order valence-electron chi connectivity index (χ1n) is 9.85. The van der Waals surface area contributed by atoms with E-state index in [0.29, 0.717) is 17.3 Å². The van der Waals surface area contributed by atoms with Gasteiger partial charge < -0.3 is 15.0 Å². The first-order valence-corrected chi connectivity index (χ1v) is 11.3. The first kappa shape index (κ1) is 19.8. The molecular formula is C22H27N3O3S. The zero-order valence-corrected chi connectivity index (χ0v) is 17.9. The Bertz CT molecular complexity index is 1130. The molecule has 1 fully saturated rings. The van der Waals surface area contributed by atoms with Crippen molar-refractivity contribution in [2.75, 3.05) is 32.6 Å². The summed E-state index contributed by atoms with van der Waals surface area (Å²) < 4.78 is 33.4. The van der Waals surface area contributed by atoms with Gasteiger partial charge in [0.05, 0.1) is 17.5 Å². The van der Waals surface area contributed by atoms with Gasteiger partial charge in [-0.25, -0.2) is 12.4 Å². The van der Waals surface area contributed by atoms with Crippen molar-refractivity contribution < 1.29 is 13.2 Å². The van der Waals surface area contributed by atoms with Gasteiger partial charge in [-0.1, -0.05) is 6.07 Å². The molecule has 29 heavy (non-hydrogen) atoms. The van der Waals surface area contributed by atoms with E-state index in [1.54, 1.807) is 37.6 Å². The Kier molecular flexibility index (Phi) is 5.27. The average Bonchev–Trinajstić information content (AvgIpc) is 3.15. The van der Waals surface area contributed by atoms with Gasteiger partial charge in [0.2, 0.25) is 0 Å². The molecule has 0 spiro atoms. The number of nitrogens with zero attached hydrogens (tertiary/aromatic N) is 2. The molecule has 0 aliphatic carbocycles. The van der Waals surface area contributed by atoms with E-state index in [4.69, 9.17) is 4.74 Å². The fourth-order valence-electron chi connectivity index (χ4n) is 3.82. The van der Waals surface area contributed by atoms with Gasteiger partial charge >= 0.3 is 0 Å². The molecule has 1 aromatic heterocycles. The fourth-order valence-corrected chi connectivity index (χ4v) is 5.20. The summed E-state index contributed by atoms with van der Waals surface area (Å²) in [5.74, 6) is 0.626. The topological polar surface area (TPSA) is 63.6 Å². The van der Waals surface area contributed by atoms with E-state index in [-0.39, 0.29) is 4.90 Å². The number of nitrogens with one attached hydrogen (secondary N) is 1. The highest BCUT2D eigenvalue weighted by Gasteiger charge is 2.22. The predicted molar refractivity (Wildman–Crippen MR) is 116 cm³/mol. The molecule has 0 saturated carbocycles. The first-order chi connectivity index (χ1) is 13.9. The summed E-state index contributed by atoms with van der Waals surface area (Å²) in [6.07, 6.45) is 3.70. The molecular weight excluding hydrogens is 386 g/mol. The SMILES string of the molecule is COc1ccc2ccn(S(=O)(=O)c3ccc(C)c(NC4CCN(C)CC4)c3)c2c1. The molecule has 154 valence electrons. The summed E-state index contributed by atoms with van der Waals surface area (Å²) in [6.45, 7) is 4.10. The number of likely N-dealkylation sites (tertiary alicyclic amines) is 1. The highest BCUT2D eigenvalue weighted by molar-refractivity contribution is 7.90. The molecule has 4 rings (SSSR count). The number of fused-ring (bicyclic) bond motifs is 1. The van der Waals surface area contributed by atoms with Gasteiger partial charge in [0.25, 0.3) is 10.0 Å². The van der Waals surface area contributed by atoms with Gasteiger partial charge in [-0.15, -0.1) is 0 Å². The predicted octanol–water partition coefficient (Wildman–Crippen LogP) is 3.70. The number of benzene rings is 2. The molecule has 2 aromatic carbocycles. The van der Waals surface area contributed by atoms with Crippen LogP contribution in [0.1, 0.15) is 18.4 Å². The van der Waals surface area contributed by atoms with Crippen molar-refractivity contribution in [3.8, 4) is 5.75 Å². The van der Waals surface area contributed by atoms with E-state index in [2.05, 4.69) is 17.3 Å². The van der Waals surface area contributed by atoms with Crippen LogP contribution in [0.3, 0.4) is 0 Å². The van der Waals surface area contributed by atoms with Crippen LogP contribution in [0.4, 0.5) is 5.69 Å². The van der Waals surface area contributed by atoms with Crippen molar-refractivity contribution >= 4 is 26.6 Å². The van der Waals surface area contributed by atoms with Crippen LogP contribution in [0.15, 0.2) is 53.6 Å². The van der Waals surface area contributed by atoms with E-state index >= 15 is 0 Å². The number of rotatable bonds is 5. The summed E-state index contributed by atoms with van der Waals surface area (Å²) in [4.78, 5) is 2.59. The minimum absolute atomic E-state index is 0.277. The Balaban J connectivity index is 1.69. The molecule has 1 aliphatic heterocycles. The Morgan fingerprint density at radius 2 is 1.83 bits per heavy atom. The number of hydrogen-bond acceptors (Lipinski definition) is 5. The van der Waals surface area contributed by atoms with Crippen LogP contribution in [-0.2, 0) is 10.0 Å². The van der Waals surface area contributed by atoms with E-state index in [1.807, 2.05) is 25.1 Å². The quantitative estimate of drug-likeness (QED) is 0.691. The van der Waals surface area contributed by atoms with Crippen molar-refractivity contribution in [1.82, 2.24) is 8.87 Å². The van der Waals surface area contributed by atoms with E-state index in [9.17, 15) is 8.42 Å². The van der Waals surface area contributed by atoms with E-state index in [0.717, 1.165) is 42.6 Å². The second-order valence-electron chi connectivity index (χ2n) is 7.74. The van der Waals surface area contributed by atoms with Crippen LogP contribution in [0.2, 0.25) is 0 Å².